The Morgan fingerprint density at radius 1 is 1.04 bits per heavy atom. The summed E-state index contributed by atoms with van der Waals surface area (Å²) >= 11 is 0. The van der Waals surface area contributed by atoms with Gasteiger partial charge in [-0.25, -0.2) is 0 Å². The molecular weight excluding hydrogens is 354 g/mol. The van der Waals surface area contributed by atoms with Gasteiger partial charge in [0.25, 0.3) is 0 Å². The zero-order chi connectivity index (χ0) is 20.5. The van der Waals surface area contributed by atoms with E-state index in [1.807, 2.05) is 0 Å². The smallest absolute Gasteiger partial charge is 0.230 e. The number of hydrogen-bond acceptors (Lipinski definition) is 4. The van der Waals surface area contributed by atoms with Gasteiger partial charge in [0.15, 0.2) is 5.78 Å². The topological polar surface area (TPSA) is 68.5 Å². The molecule has 0 aliphatic heterocycles. The molecule has 0 bridgehead atoms. The van der Waals surface area contributed by atoms with Gasteiger partial charge in [-0.1, -0.05) is 70.1 Å². The molecule has 0 saturated heterocycles. The average molecular weight is 388 g/mol. The normalized spacial score (nSPS) is 12.4. The first-order valence-corrected chi connectivity index (χ1v) is 10.5. The molecule has 0 radical (unpaired) electrons. The number of ether oxygens (including phenoxy) is 1. The van der Waals surface area contributed by atoms with Crippen LogP contribution >= 0.6 is 0 Å². The van der Waals surface area contributed by atoms with Gasteiger partial charge in [-0.15, -0.1) is 0 Å². The van der Waals surface area contributed by atoms with Gasteiger partial charge in [0, 0.05) is 18.9 Å². The van der Waals surface area contributed by atoms with Gasteiger partial charge < -0.3 is 9.84 Å². The maximum atomic E-state index is 12.9. The van der Waals surface area contributed by atoms with Crippen LogP contribution in [0.2, 0.25) is 0 Å². The maximum Gasteiger partial charge on any atom is 0.230 e. The van der Waals surface area contributed by atoms with E-state index in [-0.39, 0.29) is 23.1 Å². The Kier molecular flexibility index (Phi) is 8.71. The minimum Gasteiger partial charge on any atom is -0.494 e. The minimum absolute atomic E-state index is 0.161. The van der Waals surface area contributed by atoms with E-state index in [4.69, 9.17) is 4.74 Å². The van der Waals surface area contributed by atoms with Gasteiger partial charge in [0.05, 0.1) is 11.1 Å². The molecule has 0 fully saturated rings. The van der Waals surface area contributed by atoms with Gasteiger partial charge in [-0.2, -0.15) is 0 Å². The van der Waals surface area contributed by atoms with E-state index in [2.05, 4.69) is 6.92 Å². The van der Waals surface area contributed by atoms with Gasteiger partial charge in [-0.05, 0) is 19.4 Å². The second-order valence-electron chi connectivity index (χ2n) is 7.42. The highest BCUT2D eigenvalue weighted by atomic mass is 16.5. The fraction of sp³-hybridized carbons (Fsp3) is 0.565. The lowest BCUT2D eigenvalue weighted by atomic mass is 10.1. The second-order valence-corrected chi connectivity index (χ2v) is 7.42. The average Bonchev–Trinajstić information content (AvgIpc) is 2.97. The summed E-state index contributed by atoms with van der Waals surface area (Å²) in [4.78, 5) is 24.8. The van der Waals surface area contributed by atoms with Crippen LogP contribution in [-0.4, -0.2) is 34.1 Å². The number of Topliss-reactive ketones (excluding diaryl/α,β-unsaturated/α-hetero) is 1. The molecule has 0 aliphatic rings. The zero-order valence-electron chi connectivity index (χ0n) is 17.4. The van der Waals surface area contributed by atoms with Crippen LogP contribution in [0.3, 0.4) is 0 Å². The van der Waals surface area contributed by atoms with Gasteiger partial charge in [0.1, 0.15) is 6.10 Å². The molecule has 0 amide bonds. The molecule has 1 unspecified atom stereocenters. The van der Waals surface area contributed by atoms with Crippen LogP contribution in [0.25, 0.3) is 10.9 Å². The summed E-state index contributed by atoms with van der Waals surface area (Å²) < 4.78 is 6.90. The summed E-state index contributed by atoms with van der Waals surface area (Å²) in [7, 11) is 0. The Morgan fingerprint density at radius 2 is 1.64 bits per heavy atom. The summed E-state index contributed by atoms with van der Waals surface area (Å²) in [5.74, 6) is -0.935. The van der Waals surface area contributed by atoms with Crippen molar-refractivity contribution >= 4 is 22.6 Å². The number of aromatic nitrogens is 1. The fourth-order valence-electron chi connectivity index (χ4n) is 3.56. The predicted molar refractivity (Wildman–Crippen MR) is 112 cm³/mol. The molecule has 0 spiro atoms. The van der Waals surface area contributed by atoms with Crippen molar-refractivity contribution < 1.29 is 19.4 Å². The Labute approximate surface area is 167 Å². The summed E-state index contributed by atoms with van der Waals surface area (Å²) in [5, 5.41) is 11.1. The molecule has 1 heterocycles. The first-order chi connectivity index (χ1) is 13.5. The van der Waals surface area contributed by atoms with Gasteiger partial charge >= 0.3 is 0 Å². The van der Waals surface area contributed by atoms with Crippen LogP contribution in [-0.2, 0) is 4.74 Å². The van der Waals surface area contributed by atoms with E-state index in [0.29, 0.717) is 17.5 Å². The molecule has 1 N–H and O–H groups in total. The number of benzene rings is 1. The number of nitrogens with zero attached hydrogens (tertiary/aromatic N) is 1. The van der Waals surface area contributed by atoms with Crippen molar-refractivity contribution in [3.05, 3.63) is 29.8 Å². The Morgan fingerprint density at radius 3 is 2.29 bits per heavy atom. The predicted octanol–water partition coefficient (Wildman–Crippen LogP) is 5.74. The lowest BCUT2D eigenvalue weighted by Gasteiger charge is -2.12. The highest BCUT2D eigenvalue weighted by molar-refractivity contribution is 6.14. The molecule has 1 aromatic heterocycles. The number of unbranched alkanes of at least 4 members (excludes halogenated alkanes) is 7. The lowest BCUT2D eigenvalue weighted by molar-refractivity contribution is 0.0462. The first kappa shape index (κ1) is 22.2. The highest BCUT2D eigenvalue weighted by Gasteiger charge is 2.27. The standard InChI is InChI=1S/C23H33NO4/c1-4-5-6-7-8-9-10-13-16-28-17(2)22(26)21-19-14-11-12-15-20(19)24(18(3)25)23(21)27/h11-12,14-15,17,27H,4-10,13,16H2,1-3H3. The van der Waals surface area contributed by atoms with E-state index < -0.39 is 6.10 Å². The fourth-order valence-corrected chi connectivity index (χ4v) is 3.56. The van der Waals surface area contributed by atoms with E-state index >= 15 is 0 Å². The van der Waals surface area contributed by atoms with Crippen LogP contribution in [0.15, 0.2) is 24.3 Å². The quantitative estimate of drug-likeness (QED) is 0.373. The van der Waals surface area contributed by atoms with Gasteiger partial charge in [0.2, 0.25) is 11.8 Å². The number of carbonyl (C=O) groups excluding carboxylic acids is 2. The Hall–Kier alpha value is -2.14. The number of rotatable bonds is 12. The zero-order valence-corrected chi connectivity index (χ0v) is 17.4. The molecule has 1 atom stereocenters. The number of aromatic hydroxyl groups is 1. The summed E-state index contributed by atoms with van der Waals surface area (Å²) in [6.45, 7) is 5.81. The molecule has 2 aromatic rings. The second kappa shape index (κ2) is 11.0. The van der Waals surface area contributed by atoms with E-state index in [1.54, 1.807) is 31.2 Å². The molecule has 5 nitrogen and oxygen atoms in total. The van der Waals surface area contributed by atoms with Crippen molar-refractivity contribution in [1.29, 1.82) is 0 Å². The maximum absolute atomic E-state index is 12.9. The molecule has 0 saturated carbocycles. The van der Waals surface area contributed by atoms with Crippen molar-refractivity contribution in [1.82, 2.24) is 4.57 Å². The largest absolute Gasteiger partial charge is 0.494 e. The van der Waals surface area contributed by atoms with Crippen molar-refractivity contribution in [2.45, 2.75) is 78.2 Å². The minimum atomic E-state index is -0.665. The third kappa shape index (κ3) is 5.44. The van der Waals surface area contributed by atoms with Crippen molar-refractivity contribution in [3.63, 3.8) is 0 Å². The molecule has 154 valence electrons. The van der Waals surface area contributed by atoms with Crippen LogP contribution in [0.1, 0.15) is 87.3 Å². The summed E-state index contributed by atoms with van der Waals surface area (Å²) in [6.07, 6.45) is 9.00. The first-order valence-electron chi connectivity index (χ1n) is 10.5. The van der Waals surface area contributed by atoms with Crippen molar-refractivity contribution in [3.8, 4) is 5.88 Å². The van der Waals surface area contributed by atoms with Crippen LogP contribution < -0.4 is 0 Å². The lowest BCUT2D eigenvalue weighted by Crippen LogP contribution is -2.21. The number of hydrogen-bond donors (Lipinski definition) is 1. The van der Waals surface area contributed by atoms with Crippen molar-refractivity contribution in [2.75, 3.05) is 6.61 Å². The molecule has 1 aromatic carbocycles. The number of para-hydroxylation sites is 1. The monoisotopic (exact) mass is 387 g/mol. The molecule has 2 rings (SSSR count). The molecule has 0 aliphatic carbocycles. The highest BCUT2D eigenvalue weighted by Crippen LogP contribution is 2.32. The van der Waals surface area contributed by atoms with E-state index in [9.17, 15) is 14.7 Å². The molecular formula is C23H33NO4. The van der Waals surface area contributed by atoms with Gasteiger partial charge in [-0.3, -0.25) is 14.2 Å². The number of ketones is 1. The van der Waals surface area contributed by atoms with Crippen LogP contribution in [0.4, 0.5) is 0 Å². The SMILES string of the molecule is CCCCCCCCCCOC(C)C(=O)c1c(O)n(C(C)=O)c2ccccc12. The Balaban J connectivity index is 1.90. The number of carbonyl (C=O) groups is 2. The van der Waals surface area contributed by atoms with Crippen molar-refractivity contribution in [2.24, 2.45) is 0 Å². The number of fused-ring (bicyclic) bond motifs is 1. The molecule has 5 heteroatoms. The third-order valence-corrected chi connectivity index (χ3v) is 5.15. The van der Waals surface area contributed by atoms with Crippen LogP contribution in [0, 0.1) is 0 Å². The Bertz CT molecular complexity index is 793. The molecule has 28 heavy (non-hydrogen) atoms. The van der Waals surface area contributed by atoms with Crippen LogP contribution in [0.5, 0.6) is 5.88 Å². The van der Waals surface area contributed by atoms with E-state index in [1.165, 1.54) is 50.0 Å². The van der Waals surface area contributed by atoms with E-state index in [0.717, 1.165) is 12.8 Å². The summed E-state index contributed by atoms with van der Waals surface area (Å²) in [5.41, 5.74) is 0.695. The third-order valence-electron chi connectivity index (χ3n) is 5.15. The summed E-state index contributed by atoms with van der Waals surface area (Å²) in [6, 6.07) is 7.03.